The third-order valence-electron chi connectivity index (χ3n) is 4.84. The summed E-state index contributed by atoms with van der Waals surface area (Å²) in [5.74, 6) is 0.379. The van der Waals surface area contributed by atoms with E-state index in [0.717, 1.165) is 20.3 Å². The van der Waals surface area contributed by atoms with Gasteiger partial charge in [0.1, 0.15) is 5.76 Å². The van der Waals surface area contributed by atoms with E-state index in [4.69, 9.17) is 4.42 Å². The Hall–Kier alpha value is -2.49. The molecule has 0 saturated carbocycles. The molecule has 2 aromatic heterocycles. The number of thiazole rings is 1. The molecule has 4 rings (SSSR count). The molecule has 4 aromatic rings. The van der Waals surface area contributed by atoms with Gasteiger partial charge in [-0.1, -0.05) is 57.6 Å². The van der Waals surface area contributed by atoms with Gasteiger partial charge >= 0.3 is 0 Å². The molecule has 0 aliphatic heterocycles. The number of nitrogens with zero attached hydrogens (tertiary/aromatic N) is 2. The molecule has 0 fully saturated rings. The fourth-order valence-electron chi connectivity index (χ4n) is 3.30. The lowest BCUT2D eigenvalue weighted by Gasteiger charge is -2.18. The summed E-state index contributed by atoms with van der Waals surface area (Å²) in [5, 5.41) is 0.562. The number of amides is 1. The van der Waals surface area contributed by atoms with Gasteiger partial charge in [0.15, 0.2) is 15.0 Å². The topological polar surface area (TPSA) is 80.5 Å². The maximum absolute atomic E-state index is 13.1. The van der Waals surface area contributed by atoms with Crippen molar-refractivity contribution in [1.29, 1.82) is 0 Å². The van der Waals surface area contributed by atoms with Crippen LogP contribution in [0.25, 0.3) is 10.2 Å². The molecule has 0 saturated heterocycles. The fraction of sp³-hybridized carbons (Fsp3) is 0.217. The van der Waals surface area contributed by atoms with Crippen molar-refractivity contribution < 1.29 is 17.6 Å². The molecule has 0 bridgehead atoms. The number of halogens is 1. The van der Waals surface area contributed by atoms with Crippen molar-refractivity contribution in [3.8, 4) is 0 Å². The summed E-state index contributed by atoms with van der Waals surface area (Å²) >= 11 is 4.87. The number of rotatable bonds is 9. The lowest BCUT2D eigenvalue weighted by molar-refractivity contribution is -0.118. The highest BCUT2D eigenvalue weighted by molar-refractivity contribution is 9.10. The summed E-state index contributed by atoms with van der Waals surface area (Å²) in [4.78, 5) is 19.3. The van der Waals surface area contributed by atoms with Crippen molar-refractivity contribution in [2.45, 2.75) is 25.1 Å². The molecule has 9 heteroatoms. The van der Waals surface area contributed by atoms with Gasteiger partial charge in [-0.15, -0.1) is 0 Å². The average Bonchev–Trinajstić information content (AvgIpc) is 3.41. The van der Waals surface area contributed by atoms with Gasteiger partial charge in [-0.25, -0.2) is 13.4 Å². The second-order valence-electron chi connectivity index (χ2n) is 7.35. The number of carbonyl (C=O) groups excluding carboxylic acids is 1. The number of hydrogen-bond acceptors (Lipinski definition) is 6. The minimum atomic E-state index is -3.30. The fourth-order valence-corrected chi connectivity index (χ4v) is 6.26. The van der Waals surface area contributed by atoms with Crippen LogP contribution in [0, 0.1) is 0 Å². The second kappa shape index (κ2) is 9.97. The first kappa shape index (κ1) is 22.7. The molecule has 6 nitrogen and oxygen atoms in total. The van der Waals surface area contributed by atoms with Crippen molar-refractivity contribution in [2.24, 2.45) is 0 Å². The van der Waals surface area contributed by atoms with E-state index in [1.54, 1.807) is 35.4 Å². The number of benzene rings is 2. The van der Waals surface area contributed by atoms with Gasteiger partial charge in [0, 0.05) is 10.9 Å². The highest BCUT2D eigenvalue weighted by atomic mass is 79.9. The Bertz CT molecular complexity index is 1300. The predicted octanol–water partition coefficient (Wildman–Crippen LogP) is 5.58. The minimum absolute atomic E-state index is 0.0229. The Morgan fingerprint density at radius 2 is 1.91 bits per heavy atom. The molecule has 2 aromatic carbocycles. The Balaban J connectivity index is 1.46. The van der Waals surface area contributed by atoms with Crippen LogP contribution in [0.2, 0.25) is 0 Å². The standard InChI is InChI=1S/C23H21BrN2O4S2/c24-18-10-11-20-21(14-18)31-23(25-20)26(15-19-8-4-12-30-19)22(27)9-5-13-32(28,29)16-17-6-2-1-3-7-17/h1-4,6-8,10-12,14H,5,9,13,15-16H2. The molecule has 0 spiro atoms. The third kappa shape index (κ3) is 5.85. The van der Waals surface area contributed by atoms with Crippen LogP contribution in [-0.2, 0) is 26.9 Å². The summed E-state index contributed by atoms with van der Waals surface area (Å²) < 4.78 is 32.3. The second-order valence-corrected chi connectivity index (χ2v) is 11.5. The predicted molar refractivity (Wildman–Crippen MR) is 130 cm³/mol. The number of sulfone groups is 1. The first-order valence-electron chi connectivity index (χ1n) is 10.0. The zero-order valence-corrected chi connectivity index (χ0v) is 20.3. The van der Waals surface area contributed by atoms with Crippen molar-refractivity contribution in [1.82, 2.24) is 4.98 Å². The van der Waals surface area contributed by atoms with E-state index in [1.807, 2.05) is 36.4 Å². The van der Waals surface area contributed by atoms with Crippen molar-refractivity contribution in [3.63, 3.8) is 0 Å². The molecular formula is C23H21BrN2O4S2. The lowest BCUT2D eigenvalue weighted by atomic mass is 10.2. The molecule has 1 amide bonds. The average molecular weight is 533 g/mol. The zero-order valence-electron chi connectivity index (χ0n) is 17.1. The van der Waals surface area contributed by atoms with E-state index < -0.39 is 9.84 Å². The molecule has 0 N–H and O–H groups in total. The van der Waals surface area contributed by atoms with E-state index in [2.05, 4.69) is 20.9 Å². The van der Waals surface area contributed by atoms with Crippen LogP contribution < -0.4 is 4.90 Å². The van der Waals surface area contributed by atoms with E-state index in [0.29, 0.717) is 10.9 Å². The molecule has 0 radical (unpaired) electrons. The molecule has 32 heavy (non-hydrogen) atoms. The third-order valence-corrected chi connectivity index (χ3v) is 8.06. The Morgan fingerprint density at radius 1 is 1.09 bits per heavy atom. The SMILES string of the molecule is O=C(CCCS(=O)(=O)Cc1ccccc1)N(Cc1ccco1)c1nc2ccc(Br)cc2s1. The lowest BCUT2D eigenvalue weighted by Crippen LogP contribution is -2.30. The van der Waals surface area contributed by atoms with Crippen LogP contribution in [0.4, 0.5) is 5.13 Å². The zero-order chi connectivity index (χ0) is 22.6. The van der Waals surface area contributed by atoms with Gasteiger partial charge in [-0.2, -0.15) is 0 Å². The first-order chi connectivity index (χ1) is 15.4. The number of furan rings is 1. The molecule has 0 aliphatic carbocycles. The van der Waals surface area contributed by atoms with Gasteiger partial charge in [0.2, 0.25) is 5.91 Å². The number of carbonyl (C=O) groups is 1. The Labute approximate surface area is 198 Å². The Kier molecular flexibility index (Phi) is 7.07. The van der Waals surface area contributed by atoms with Gasteiger partial charge < -0.3 is 4.42 Å². The minimum Gasteiger partial charge on any atom is -0.467 e. The Morgan fingerprint density at radius 3 is 2.66 bits per heavy atom. The van der Waals surface area contributed by atoms with Gasteiger partial charge in [0.25, 0.3) is 0 Å². The summed E-state index contributed by atoms with van der Waals surface area (Å²) in [6.07, 6.45) is 1.91. The largest absolute Gasteiger partial charge is 0.467 e. The van der Waals surface area contributed by atoms with Crippen LogP contribution >= 0.6 is 27.3 Å². The molecule has 0 unspecified atom stereocenters. The van der Waals surface area contributed by atoms with E-state index in [1.165, 1.54) is 11.3 Å². The summed E-state index contributed by atoms with van der Waals surface area (Å²) in [5.41, 5.74) is 1.55. The van der Waals surface area contributed by atoms with E-state index in [-0.39, 0.29) is 36.8 Å². The maximum atomic E-state index is 13.1. The summed E-state index contributed by atoms with van der Waals surface area (Å²) in [7, 11) is -3.30. The van der Waals surface area contributed by atoms with Gasteiger partial charge in [0.05, 0.1) is 34.5 Å². The van der Waals surface area contributed by atoms with Crippen molar-refractivity contribution >= 4 is 58.4 Å². The summed E-state index contributed by atoms with van der Waals surface area (Å²) in [6.45, 7) is 0.240. The van der Waals surface area contributed by atoms with Crippen molar-refractivity contribution in [3.05, 3.63) is 82.7 Å². The molecule has 2 heterocycles. The monoisotopic (exact) mass is 532 g/mol. The highest BCUT2D eigenvalue weighted by Crippen LogP contribution is 2.32. The van der Waals surface area contributed by atoms with E-state index in [9.17, 15) is 13.2 Å². The smallest absolute Gasteiger partial charge is 0.229 e. The molecule has 0 atom stereocenters. The highest BCUT2D eigenvalue weighted by Gasteiger charge is 2.22. The van der Waals surface area contributed by atoms with Gasteiger partial charge in [-0.3, -0.25) is 9.69 Å². The van der Waals surface area contributed by atoms with Crippen LogP contribution in [-0.4, -0.2) is 25.1 Å². The normalized spacial score (nSPS) is 11.7. The van der Waals surface area contributed by atoms with E-state index >= 15 is 0 Å². The molecule has 0 aliphatic rings. The van der Waals surface area contributed by atoms with Crippen LogP contribution in [0.1, 0.15) is 24.2 Å². The first-order valence-corrected chi connectivity index (χ1v) is 13.5. The maximum Gasteiger partial charge on any atom is 0.229 e. The number of aromatic nitrogens is 1. The number of anilines is 1. The van der Waals surface area contributed by atoms with Crippen LogP contribution in [0.15, 0.2) is 75.8 Å². The van der Waals surface area contributed by atoms with Crippen LogP contribution in [0.5, 0.6) is 0 Å². The summed E-state index contributed by atoms with van der Waals surface area (Å²) in [6, 6.07) is 18.4. The quantitative estimate of drug-likeness (QED) is 0.281. The van der Waals surface area contributed by atoms with Gasteiger partial charge in [-0.05, 0) is 42.3 Å². The molecular weight excluding hydrogens is 512 g/mol. The molecule has 166 valence electrons. The van der Waals surface area contributed by atoms with Crippen LogP contribution in [0.3, 0.4) is 0 Å². The number of fused-ring (bicyclic) bond motifs is 1. The number of hydrogen-bond donors (Lipinski definition) is 0. The van der Waals surface area contributed by atoms with Crippen molar-refractivity contribution in [2.75, 3.05) is 10.7 Å².